The first-order valence-corrected chi connectivity index (χ1v) is 7.89. The van der Waals surface area contributed by atoms with Crippen molar-refractivity contribution in [3.8, 4) is 0 Å². The molecule has 3 rings (SSSR count). The van der Waals surface area contributed by atoms with E-state index < -0.39 is 41.9 Å². The summed E-state index contributed by atoms with van der Waals surface area (Å²) < 4.78 is 37.7. The van der Waals surface area contributed by atoms with Gasteiger partial charge in [0, 0.05) is 6.07 Å². The second kappa shape index (κ2) is 7.40. The zero-order chi connectivity index (χ0) is 19.6. The second-order valence-corrected chi connectivity index (χ2v) is 5.67. The normalized spacial score (nSPS) is 12.0. The summed E-state index contributed by atoms with van der Waals surface area (Å²) in [4.78, 5) is 35.9. The molecule has 9 heteroatoms. The summed E-state index contributed by atoms with van der Waals surface area (Å²) in [6, 6.07) is 9.07. The summed E-state index contributed by atoms with van der Waals surface area (Å²) in [5, 5.41) is 2.14. The number of rotatable bonds is 5. The molecule has 3 aromatic rings. The molecule has 0 bridgehead atoms. The number of benzene rings is 2. The predicted molar refractivity (Wildman–Crippen MR) is 91.0 cm³/mol. The van der Waals surface area contributed by atoms with E-state index in [9.17, 15) is 23.2 Å². The van der Waals surface area contributed by atoms with Crippen LogP contribution in [0.2, 0.25) is 0 Å². The summed E-state index contributed by atoms with van der Waals surface area (Å²) in [6.07, 6.45) is -1.30. The van der Waals surface area contributed by atoms with Gasteiger partial charge in [0.25, 0.3) is 5.91 Å². The molecule has 1 atom stereocenters. The van der Waals surface area contributed by atoms with Gasteiger partial charge in [-0.15, -0.1) is 0 Å². The molecular formula is C18H14F2N2O5. The summed E-state index contributed by atoms with van der Waals surface area (Å²) in [6.45, 7) is 0.794. The van der Waals surface area contributed by atoms with Crippen LogP contribution in [0.3, 0.4) is 0 Å². The minimum Gasteiger partial charge on any atom is -0.451 e. The molecule has 1 aromatic heterocycles. The van der Waals surface area contributed by atoms with E-state index in [2.05, 4.69) is 5.32 Å². The van der Waals surface area contributed by atoms with Crippen LogP contribution < -0.4 is 11.1 Å². The van der Waals surface area contributed by atoms with Gasteiger partial charge in [-0.2, -0.15) is 0 Å². The van der Waals surface area contributed by atoms with E-state index in [0.29, 0.717) is 11.1 Å². The van der Waals surface area contributed by atoms with E-state index in [-0.39, 0.29) is 5.69 Å². The van der Waals surface area contributed by atoms with Crippen molar-refractivity contribution in [1.82, 2.24) is 4.57 Å². The Balaban J connectivity index is 1.66. The number of esters is 1. The maximum Gasteiger partial charge on any atom is 0.420 e. The summed E-state index contributed by atoms with van der Waals surface area (Å²) in [7, 11) is 0. The van der Waals surface area contributed by atoms with Crippen molar-refractivity contribution in [1.29, 1.82) is 0 Å². The molecule has 2 aromatic carbocycles. The van der Waals surface area contributed by atoms with Crippen LogP contribution in [0.15, 0.2) is 51.7 Å². The summed E-state index contributed by atoms with van der Waals surface area (Å²) in [5.74, 6) is -4.03. The van der Waals surface area contributed by atoms with Gasteiger partial charge in [0.05, 0.1) is 11.2 Å². The number of anilines is 1. The van der Waals surface area contributed by atoms with E-state index in [1.54, 1.807) is 24.3 Å². The molecule has 0 saturated heterocycles. The number of aromatic nitrogens is 1. The highest BCUT2D eigenvalue weighted by atomic mass is 19.1. The van der Waals surface area contributed by atoms with Gasteiger partial charge in [0.1, 0.15) is 18.2 Å². The maximum atomic E-state index is 13.6. The number of nitrogens with one attached hydrogen (secondary N) is 1. The number of nitrogens with zero attached hydrogens (tertiary/aromatic N) is 1. The highest BCUT2D eigenvalue weighted by Gasteiger charge is 2.21. The number of hydrogen-bond donors (Lipinski definition) is 1. The van der Waals surface area contributed by atoms with Crippen molar-refractivity contribution < 1.29 is 27.5 Å². The van der Waals surface area contributed by atoms with Gasteiger partial charge in [-0.3, -0.25) is 14.2 Å². The Bertz CT molecular complexity index is 1070. The zero-order valence-corrected chi connectivity index (χ0v) is 14.1. The molecule has 27 heavy (non-hydrogen) atoms. The van der Waals surface area contributed by atoms with Crippen molar-refractivity contribution in [2.24, 2.45) is 0 Å². The molecule has 0 saturated carbocycles. The number of amides is 1. The standard InChI is InChI=1S/C18H14F2N2O5/c1-10(17(24)21-13-8-11(19)6-7-12(13)20)26-16(23)9-22-14-4-2-3-5-15(14)27-18(22)25/h2-8,10H,9H2,1H3,(H,21,24). The van der Waals surface area contributed by atoms with Crippen LogP contribution in [0.1, 0.15) is 6.92 Å². The van der Waals surface area contributed by atoms with Gasteiger partial charge in [-0.1, -0.05) is 12.1 Å². The molecule has 140 valence electrons. The molecule has 0 aliphatic heterocycles. The highest BCUT2D eigenvalue weighted by Crippen LogP contribution is 2.16. The lowest BCUT2D eigenvalue weighted by molar-refractivity contribution is -0.153. The molecule has 1 unspecified atom stereocenters. The Kier molecular flexibility index (Phi) is 5.02. The first-order chi connectivity index (χ1) is 12.8. The third-order valence-corrected chi connectivity index (χ3v) is 3.72. The number of halogens is 2. The van der Waals surface area contributed by atoms with Crippen molar-refractivity contribution in [3.63, 3.8) is 0 Å². The average molecular weight is 376 g/mol. The van der Waals surface area contributed by atoms with Crippen molar-refractivity contribution >= 4 is 28.7 Å². The summed E-state index contributed by atoms with van der Waals surface area (Å²) in [5.41, 5.74) is 0.334. The van der Waals surface area contributed by atoms with Crippen LogP contribution >= 0.6 is 0 Å². The fourth-order valence-electron chi connectivity index (χ4n) is 2.41. The largest absolute Gasteiger partial charge is 0.451 e. The van der Waals surface area contributed by atoms with Gasteiger partial charge < -0.3 is 14.5 Å². The number of hydrogen-bond acceptors (Lipinski definition) is 5. The average Bonchev–Trinajstić information content (AvgIpc) is 2.93. The molecule has 1 N–H and O–H groups in total. The fourth-order valence-corrected chi connectivity index (χ4v) is 2.41. The van der Waals surface area contributed by atoms with Gasteiger partial charge in [-0.25, -0.2) is 13.6 Å². The quantitative estimate of drug-likeness (QED) is 0.691. The van der Waals surface area contributed by atoms with Crippen molar-refractivity contribution in [3.05, 3.63) is 64.6 Å². The minimum absolute atomic E-state index is 0.308. The molecule has 0 spiro atoms. The molecular weight excluding hydrogens is 362 g/mol. The van der Waals surface area contributed by atoms with E-state index in [0.717, 1.165) is 22.8 Å². The molecule has 0 fully saturated rings. The van der Waals surface area contributed by atoms with Crippen LogP contribution in [0.5, 0.6) is 0 Å². The molecule has 0 radical (unpaired) electrons. The Morgan fingerprint density at radius 1 is 1.22 bits per heavy atom. The third kappa shape index (κ3) is 4.02. The van der Waals surface area contributed by atoms with Crippen LogP contribution in [0, 0.1) is 11.6 Å². The van der Waals surface area contributed by atoms with Gasteiger partial charge >= 0.3 is 11.7 Å². The number of carbonyl (C=O) groups excluding carboxylic acids is 2. The zero-order valence-electron chi connectivity index (χ0n) is 14.1. The van der Waals surface area contributed by atoms with Crippen LogP contribution in [-0.4, -0.2) is 22.5 Å². The maximum absolute atomic E-state index is 13.6. The molecule has 0 aliphatic rings. The number of carbonyl (C=O) groups is 2. The number of oxazole rings is 1. The lowest BCUT2D eigenvalue weighted by atomic mass is 10.2. The van der Waals surface area contributed by atoms with Gasteiger partial charge in [-0.05, 0) is 31.2 Å². The highest BCUT2D eigenvalue weighted by molar-refractivity contribution is 5.95. The summed E-state index contributed by atoms with van der Waals surface area (Å²) >= 11 is 0. The van der Waals surface area contributed by atoms with Crippen LogP contribution in [-0.2, 0) is 20.9 Å². The lowest BCUT2D eigenvalue weighted by Gasteiger charge is -2.14. The van der Waals surface area contributed by atoms with E-state index >= 15 is 0 Å². The predicted octanol–water partition coefficient (Wildman–Crippen LogP) is 2.44. The Morgan fingerprint density at radius 2 is 1.96 bits per heavy atom. The van der Waals surface area contributed by atoms with E-state index in [1.165, 1.54) is 6.92 Å². The van der Waals surface area contributed by atoms with E-state index in [4.69, 9.17) is 9.15 Å². The fraction of sp³-hybridized carbons (Fsp3) is 0.167. The van der Waals surface area contributed by atoms with Crippen LogP contribution in [0.25, 0.3) is 11.1 Å². The van der Waals surface area contributed by atoms with Crippen molar-refractivity contribution in [2.45, 2.75) is 19.6 Å². The smallest absolute Gasteiger partial charge is 0.420 e. The molecule has 1 amide bonds. The van der Waals surface area contributed by atoms with Gasteiger partial charge in [0.15, 0.2) is 11.7 Å². The molecule has 7 nitrogen and oxygen atoms in total. The Labute approximate surface area is 151 Å². The third-order valence-electron chi connectivity index (χ3n) is 3.72. The second-order valence-electron chi connectivity index (χ2n) is 5.67. The van der Waals surface area contributed by atoms with Crippen LogP contribution in [0.4, 0.5) is 14.5 Å². The topological polar surface area (TPSA) is 90.5 Å². The van der Waals surface area contributed by atoms with Crippen molar-refractivity contribution in [2.75, 3.05) is 5.32 Å². The first kappa shape index (κ1) is 18.3. The molecule has 0 aliphatic carbocycles. The first-order valence-electron chi connectivity index (χ1n) is 7.89. The van der Waals surface area contributed by atoms with Gasteiger partial charge in [0.2, 0.25) is 0 Å². The molecule has 1 heterocycles. The number of ether oxygens (including phenoxy) is 1. The SMILES string of the molecule is CC(OC(=O)Cn1c(=O)oc2ccccc21)C(=O)Nc1cc(F)ccc1F. The number of para-hydroxylation sites is 2. The minimum atomic E-state index is -1.30. The number of fused-ring (bicyclic) bond motifs is 1. The Morgan fingerprint density at radius 3 is 2.74 bits per heavy atom. The Hall–Kier alpha value is -3.49. The lowest BCUT2D eigenvalue weighted by Crippen LogP contribution is -2.32. The van der Waals surface area contributed by atoms with E-state index in [1.807, 2.05) is 0 Å². The monoisotopic (exact) mass is 376 g/mol.